The van der Waals surface area contributed by atoms with E-state index < -0.39 is 12.1 Å². The fourth-order valence-corrected chi connectivity index (χ4v) is 2.16. The number of esters is 1. The molecule has 1 aromatic carbocycles. The highest BCUT2D eigenvalue weighted by molar-refractivity contribution is 9.10. The molecule has 20 heavy (non-hydrogen) atoms. The molecular formula is C14H16BrNO4. The number of hydrogen-bond acceptors (Lipinski definition) is 4. The van der Waals surface area contributed by atoms with Crippen LogP contribution in [0.1, 0.15) is 18.4 Å². The Bertz CT molecular complexity index is 512. The van der Waals surface area contributed by atoms with Crippen LogP contribution in [-0.4, -0.2) is 31.2 Å². The average molecular weight is 342 g/mol. The van der Waals surface area contributed by atoms with Crippen molar-refractivity contribution in [3.05, 3.63) is 28.2 Å². The zero-order valence-corrected chi connectivity index (χ0v) is 12.7. The van der Waals surface area contributed by atoms with E-state index in [2.05, 4.69) is 21.2 Å². The Morgan fingerprint density at radius 3 is 2.95 bits per heavy atom. The molecule has 1 aliphatic heterocycles. The molecule has 0 unspecified atom stereocenters. The number of carbonyl (C=O) groups excluding carboxylic acids is 2. The minimum absolute atomic E-state index is 0.298. The topological polar surface area (TPSA) is 64.6 Å². The number of amides is 1. The summed E-state index contributed by atoms with van der Waals surface area (Å²) in [7, 11) is 0. The number of anilines is 1. The third-order valence-corrected chi connectivity index (χ3v) is 3.87. The van der Waals surface area contributed by atoms with Crippen LogP contribution in [-0.2, 0) is 19.1 Å². The molecule has 1 saturated heterocycles. The van der Waals surface area contributed by atoms with E-state index in [1.807, 2.05) is 19.1 Å². The summed E-state index contributed by atoms with van der Waals surface area (Å²) in [5.74, 6) is -0.831. The largest absolute Gasteiger partial charge is 0.454 e. The first-order valence-corrected chi connectivity index (χ1v) is 7.20. The van der Waals surface area contributed by atoms with Crippen LogP contribution in [0.25, 0.3) is 0 Å². The fraction of sp³-hybridized carbons (Fsp3) is 0.429. The third kappa shape index (κ3) is 4.05. The normalized spacial score (nSPS) is 17.8. The molecule has 1 amide bonds. The lowest BCUT2D eigenvalue weighted by Gasteiger charge is -2.10. The van der Waals surface area contributed by atoms with Crippen molar-refractivity contribution >= 4 is 33.5 Å². The average Bonchev–Trinajstić information content (AvgIpc) is 2.94. The van der Waals surface area contributed by atoms with E-state index in [4.69, 9.17) is 9.47 Å². The molecule has 108 valence electrons. The van der Waals surface area contributed by atoms with Gasteiger partial charge in [-0.25, -0.2) is 4.79 Å². The quantitative estimate of drug-likeness (QED) is 0.854. The standard InChI is InChI=1S/C14H16BrNO4/c1-9-7-10(4-5-11(9)15)16-13(17)8-20-14(18)12-3-2-6-19-12/h4-5,7,12H,2-3,6,8H2,1H3,(H,16,17)/t12-/m0/s1. The van der Waals surface area contributed by atoms with Crippen LogP contribution in [0.5, 0.6) is 0 Å². The van der Waals surface area contributed by atoms with Gasteiger partial charge in [0.15, 0.2) is 12.7 Å². The number of carbonyl (C=O) groups is 2. The van der Waals surface area contributed by atoms with E-state index in [0.717, 1.165) is 16.5 Å². The second-order valence-electron chi connectivity index (χ2n) is 4.62. The maximum absolute atomic E-state index is 11.7. The summed E-state index contributed by atoms with van der Waals surface area (Å²) in [4.78, 5) is 23.3. The molecule has 0 aliphatic carbocycles. The van der Waals surface area contributed by atoms with Gasteiger partial charge in [-0.15, -0.1) is 0 Å². The number of benzene rings is 1. The lowest BCUT2D eigenvalue weighted by molar-refractivity contribution is -0.156. The molecule has 1 fully saturated rings. The van der Waals surface area contributed by atoms with Crippen LogP contribution in [0.4, 0.5) is 5.69 Å². The number of rotatable bonds is 4. The minimum Gasteiger partial charge on any atom is -0.454 e. The predicted molar refractivity (Wildman–Crippen MR) is 77.4 cm³/mol. The van der Waals surface area contributed by atoms with E-state index >= 15 is 0 Å². The van der Waals surface area contributed by atoms with Crippen LogP contribution in [0.15, 0.2) is 22.7 Å². The summed E-state index contributed by atoms with van der Waals surface area (Å²) in [5.41, 5.74) is 1.68. The van der Waals surface area contributed by atoms with Gasteiger partial charge >= 0.3 is 5.97 Å². The van der Waals surface area contributed by atoms with Crippen molar-refractivity contribution in [1.82, 2.24) is 0 Å². The Balaban J connectivity index is 1.80. The maximum Gasteiger partial charge on any atom is 0.335 e. The molecule has 1 N–H and O–H groups in total. The Hall–Kier alpha value is -1.40. The van der Waals surface area contributed by atoms with Gasteiger partial charge in [-0.05, 0) is 43.5 Å². The highest BCUT2D eigenvalue weighted by Gasteiger charge is 2.25. The maximum atomic E-state index is 11.7. The summed E-state index contributed by atoms with van der Waals surface area (Å²) in [6.45, 7) is 2.20. The SMILES string of the molecule is Cc1cc(NC(=O)COC(=O)[C@@H]2CCCO2)ccc1Br. The van der Waals surface area contributed by atoms with Crippen LogP contribution in [0.2, 0.25) is 0 Å². The van der Waals surface area contributed by atoms with Gasteiger partial charge in [0.1, 0.15) is 0 Å². The van der Waals surface area contributed by atoms with Crippen molar-refractivity contribution in [2.75, 3.05) is 18.5 Å². The monoisotopic (exact) mass is 341 g/mol. The molecular weight excluding hydrogens is 326 g/mol. The van der Waals surface area contributed by atoms with E-state index in [9.17, 15) is 9.59 Å². The van der Waals surface area contributed by atoms with E-state index in [-0.39, 0.29) is 12.5 Å². The number of hydrogen-bond donors (Lipinski definition) is 1. The van der Waals surface area contributed by atoms with Crippen LogP contribution < -0.4 is 5.32 Å². The van der Waals surface area contributed by atoms with Crippen molar-refractivity contribution in [1.29, 1.82) is 0 Å². The number of ether oxygens (including phenoxy) is 2. The minimum atomic E-state index is -0.516. The van der Waals surface area contributed by atoms with Gasteiger partial charge in [0.2, 0.25) is 0 Å². The van der Waals surface area contributed by atoms with Gasteiger partial charge in [-0.1, -0.05) is 15.9 Å². The molecule has 0 radical (unpaired) electrons. The molecule has 6 heteroatoms. The van der Waals surface area contributed by atoms with Crippen molar-refractivity contribution in [2.45, 2.75) is 25.9 Å². The predicted octanol–water partition coefficient (Wildman–Crippen LogP) is 2.42. The Kier molecular flexibility index (Phi) is 5.14. The lowest BCUT2D eigenvalue weighted by Crippen LogP contribution is -2.27. The molecule has 0 spiro atoms. The second kappa shape index (κ2) is 6.85. The first kappa shape index (κ1) is 15.0. The van der Waals surface area contributed by atoms with Gasteiger partial charge < -0.3 is 14.8 Å². The molecule has 1 heterocycles. The van der Waals surface area contributed by atoms with Gasteiger partial charge in [0.05, 0.1) is 0 Å². The van der Waals surface area contributed by atoms with E-state index in [1.54, 1.807) is 6.07 Å². The highest BCUT2D eigenvalue weighted by atomic mass is 79.9. The fourth-order valence-electron chi connectivity index (χ4n) is 1.91. The Labute approximate surface area is 125 Å². The number of nitrogens with one attached hydrogen (secondary N) is 1. The molecule has 0 bridgehead atoms. The Morgan fingerprint density at radius 1 is 1.50 bits per heavy atom. The molecule has 0 saturated carbocycles. The summed E-state index contributed by atoms with van der Waals surface area (Å²) in [6.07, 6.45) is 0.994. The second-order valence-corrected chi connectivity index (χ2v) is 5.48. The molecule has 0 aromatic heterocycles. The molecule has 1 aliphatic rings. The molecule has 1 atom stereocenters. The van der Waals surface area contributed by atoms with Crippen molar-refractivity contribution in [3.63, 3.8) is 0 Å². The van der Waals surface area contributed by atoms with E-state index in [1.165, 1.54) is 0 Å². The first-order valence-electron chi connectivity index (χ1n) is 6.40. The number of aryl methyl sites for hydroxylation is 1. The van der Waals surface area contributed by atoms with Crippen molar-refractivity contribution < 1.29 is 19.1 Å². The van der Waals surface area contributed by atoms with Gasteiger partial charge in [-0.2, -0.15) is 0 Å². The van der Waals surface area contributed by atoms with Gasteiger partial charge in [0, 0.05) is 16.8 Å². The highest BCUT2D eigenvalue weighted by Crippen LogP contribution is 2.20. The number of halogens is 1. The van der Waals surface area contributed by atoms with Crippen LogP contribution >= 0.6 is 15.9 Å². The zero-order chi connectivity index (χ0) is 14.5. The summed E-state index contributed by atoms with van der Waals surface area (Å²) < 4.78 is 11.1. The molecule has 1 aromatic rings. The Morgan fingerprint density at radius 2 is 2.30 bits per heavy atom. The molecule has 2 rings (SSSR count). The van der Waals surface area contributed by atoms with Crippen molar-refractivity contribution in [3.8, 4) is 0 Å². The van der Waals surface area contributed by atoms with Crippen LogP contribution in [0, 0.1) is 6.92 Å². The lowest BCUT2D eigenvalue weighted by atomic mass is 10.2. The smallest absolute Gasteiger partial charge is 0.335 e. The summed E-state index contributed by atoms with van der Waals surface area (Å²) >= 11 is 3.39. The van der Waals surface area contributed by atoms with Crippen molar-refractivity contribution in [2.24, 2.45) is 0 Å². The van der Waals surface area contributed by atoms with E-state index in [0.29, 0.717) is 18.7 Å². The summed E-state index contributed by atoms with van der Waals surface area (Å²) in [6, 6.07) is 5.46. The molecule has 5 nitrogen and oxygen atoms in total. The van der Waals surface area contributed by atoms with Gasteiger partial charge in [-0.3, -0.25) is 4.79 Å². The van der Waals surface area contributed by atoms with Gasteiger partial charge in [0.25, 0.3) is 5.91 Å². The summed E-state index contributed by atoms with van der Waals surface area (Å²) in [5, 5.41) is 2.68. The third-order valence-electron chi connectivity index (χ3n) is 2.98. The zero-order valence-electron chi connectivity index (χ0n) is 11.1. The first-order chi connectivity index (χ1) is 9.56. The van der Waals surface area contributed by atoms with Crippen LogP contribution in [0.3, 0.4) is 0 Å².